The summed E-state index contributed by atoms with van der Waals surface area (Å²) in [5.74, 6) is -0.0340. The third kappa shape index (κ3) is 2.67. The summed E-state index contributed by atoms with van der Waals surface area (Å²) in [5, 5.41) is 7.62. The zero-order valence-electron chi connectivity index (χ0n) is 10.3. The highest BCUT2D eigenvalue weighted by Crippen LogP contribution is 2.30. The van der Waals surface area contributed by atoms with E-state index in [-0.39, 0.29) is 21.2 Å². The van der Waals surface area contributed by atoms with Crippen LogP contribution in [0.5, 0.6) is 5.75 Å². The third-order valence-electron chi connectivity index (χ3n) is 2.67. The Labute approximate surface area is 130 Å². The van der Waals surface area contributed by atoms with Gasteiger partial charge in [0.1, 0.15) is 10.4 Å². The summed E-state index contributed by atoms with van der Waals surface area (Å²) in [6.07, 6.45) is 0. The summed E-state index contributed by atoms with van der Waals surface area (Å²) in [5.41, 5.74) is 0.552. The quantitative estimate of drug-likeness (QED) is 0.683. The first-order valence-electron chi connectivity index (χ1n) is 5.68. The van der Waals surface area contributed by atoms with Crippen molar-refractivity contribution in [1.82, 2.24) is 14.5 Å². The molecule has 0 unspecified atom stereocenters. The predicted molar refractivity (Wildman–Crippen MR) is 78.0 cm³/mol. The van der Waals surface area contributed by atoms with Crippen molar-refractivity contribution in [2.75, 3.05) is 0 Å². The molecule has 21 heavy (non-hydrogen) atoms. The summed E-state index contributed by atoms with van der Waals surface area (Å²) >= 11 is 11.7. The Morgan fingerprint density at radius 3 is 2.57 bits per heavy atom. The Morgan fingerprint density at radius 1 is 1.14 bits per heavy atom. The molecule has 0 fully saturated rings. The normalized spacial score (nSPS) is 11.7. The van der Waals surface area contributed by atoms with Gasteiger partial charge in [0.05, 0.1) is 0 Å². The largest absolute Gasteiger partial charge is 0.376 e. The minimum absolute atomic E-state index is 0.0244. The molecule has 1 heterocycles. The van der Waals surface area contributed by atoms with Crippen molar-refractivity contribution in [3.05, 3.63) is 47.5 Å². The van der Waals surface area contributed by atoms with Gasteiger partial charge in [-0.2, -0.15) is 12.6 Å². The predicted octanol–water partition coefficient (Wildman–Crippen LogP) is 2.85. The van der Waals surface area contributed by atoms with Crippen LogP contribution in [0.15, 0.2) is 47.4 Å². The Morgan fingerprint density at radius 2 is 1.86 bits per heavy atom. The molecule has 0 saturated carbocycles. The number of rotatable bonds is 3. The zero-order chi connectivity index (χ0) is 15.0. The van der Waals surface area contributed by atoms with Crippen molar-refractivity contribution in [3.8, 4) is 5.75 Å². The SMILES string of the molecule is O=S(=O)(Oc1cc(Cl)cc2c1nnn2Cl)c1ccccc1. The van der Waals surface area contributed by atoms with Crippen molar-refractivity contribution in [2.45, 2.75) is 4.90 Å². The molecule has 0 saturated heterocycles. The smallest absolute Gasteiger partial charge is 0.339 e. The number of aromatic nitrogens is 3. The molecule has 2 aromatic carbocycles. The molecule has 3 rings (SSSR count). The molecule has 1 aromatic heterocycles. The highest BCUT2D eigenvalue weighted by atomic mass is 35.5. The summed E-state index contributed by atoms with van der Waals surface area (Å²) in [6, 6.07) is 10.6. The lowest BCUT2D eigenvalue weighted by molar-refractivity contribution is 0.488. The molecule has 0 spiro atoms. The highest BCUT2D eigenvalue weighted by Gasteiger charge is 2.20. The molecule has 0 bridgehead atoms. The van der Waals surface area contributed by atoms with E-state index in [0.29, 0.717) is 5.52 Å². The lowest BCUT2D eigenvalue weighted by atomic mass is 10.3. The van der Waals surface area contributed by atoms with E-state index in [1.54, 1.807) is 18.2 Å². The second-order valence-corrected chi connectivity index (χ2v) is 6.37. The van der Waals surface area contributed by atoms with Gasteiger partial charge < -0.3 is 4.18 Å². The van der Waals surface area contributed by atoms with E-state index >= 15 is 0 Å². The molecule has 9 heteroatoms. The van der Waals surface area contributed by atoms with Crippen LogP contribution in [0.4, 0.5) is 0 Å². The fourth-order valence-electron chi connectivity index (χ4n) is 1.75. The lowest BCUT2D eigenvalue weighted by Crippen LogP contribution is -2.09. The van der Waals surface area contributed by atoms with E-state index in [0.717, 1.165) is 4.20 Å². The van der Waals surface area contributed by atoms with Crippen LogP contribution in [0.2, 0.25) is 5.02 Å². The summed E-state index contributed by atoms with van der Waals surface area (Å²) in [7, 11) is -3.99. The maximum atomic E-state index is 12.2. The van der Waals surface area contributed by atoms with E-state index < -0.39 is 10.1 Å². The van der Waals surface area contributed by atoms with Crippen molar-refractivity contribution in [2.24, 2.45) is 0 Å². The van der Waals surface area contributed by atoms with Crippen molar-refractivity contribution < 1.29 is 12.6 Å². The zero-order valence-corrected chi connectivity index (χ0v) is 12.6. The maximum absolute atomic E-state index is 12.2. The molecule has 0 amide bonds. The topological polar surface area (TPSA) is 74.1 Å². The fraction of sp³-hybridized carbons (Fsp3) is 0. The summed E-state index contributed by atoms with van der Waals surface area (Å²) < 4.78 is 30.5. The number of hydrogen-bond donors (Lipinski definition) is 0. The molecule has 0 aliphatic heterocycles. The van der Waals surface area contributed by atoms with E-state index in [1.807, 2.05) is 0 Å². The van der Waals surface area contributed by atoms with Crippen LogP contribution in [0, 0.1) is 0 Å². The van der Waals surface area contributed by atoms with Gasteiger partial charge in [-0.1, -0.05) is 29.8 Å². The van der Waals surface area contributed by atoms with Gasteiger partial charge in [0.25, 0.3) is 0 Å². The Hall–Kier alpha value is -1.83. The van der Waals surface area contributed by atoms with Crippen LogP contribution in [0.1, 0.15) is 0 Å². The molecule has 108 valence electrons. The second kappa shape index (κ2) is 5.18. The van der Waals surface area contributed by atoms with Crippen LogP contribution in [-0.4, -0.2) is 22.9 Å². The van der Waals surface area contributed by atoms with Crippen LogP contribution in [0.3, 0.4) is 0 Å². The number of halogens is 2. The van der Waals surface area contributed by atoms with Crippen molar-refractivity contribution >= 4 is 44.5 Å². The number of benzene rings is 2. The summed E-state index contributed by atoms with van der Waals surface area (Å²) in [6.45, 7) is 0. The first-order valence-corrected chi connectivity index (χ1v) is 7.80. The van der Waals surface area contributed by atoms with Gasteiger partial charge in [0, 0.05) is 22.9 Å². The van der Waals surface area contributed by atoms with Crippen molar-refractivity contribution in [3.63, 3.8) is 0 Å². The van der Waals surface area contributed by atoms with Gasteiger partial charge in [-0.15, -0.1) is 5.10 Å². The van der Waals surface area contributed by atoms with Gasteiger partial charge in [0.15, 0.2) is 11.3 Å². The fourth-order valence-corrected chi connectivity index (χ4v) is 3.07. The average molecular weight is 344 g/mol. The van der Waals surface area contributed by atoms with Gasteiger partial charge in [0.2, 0.25) is 0 Å². The lowest BCUT2D eigenvalue weighted by Gasteiger charge is -2.07. The molecular formula is C12H7Cl2N3O3S. The van der Waals surface area contributed by atoms with Gasteiger partial charge in [-0.25, -0.2) is 0 Å². The molecule has 0 N–H and O–H groups in total. The van der Waals surface area contributed by atoms with E-state index in [1.165, 1.54) is 24.3 Å². The average Bonchev–Trinajstić information content (AvgIpc) is 2.81. The number of fused-ring (bicyclic) bond motifs is 1. The number of nitrogens with zero attached hydrogens (tertiary/aromatic N) is 3. The van der Waals surface area contributed by atoms with Gasteiger partial charge in [-0.3, -0.25) is 0 Å². The van der Waals surface area contributed by atoms with Crippen LogP contribution in [0.25, 0.3) is 11.0 Å². The van der Waals surface area contributed by atoms with E-state index in [4.69, 9.17) is 27.6 Å². The molecule has 0 radical (unpaired) electrons. The van der Waals surface area contributed by atoms with Crippen LogP contribution >= 0.6 is 23.4 Å². The molecule has 3 aromatic rings. The second-order valence-electron chi connectivity index (χ2n) is 4.07. The molecule has 6 nitrogen and oxygen atoms in total. The minimum atomic E-state index is -3.99. The first-order chi connectivity index (χ1) is 9.97. The molecule has 0 aliphatic rings. The van der Waals surface area contributed by atoms with E-state index in [2.05, 4.69) is 10.3 Å². The third-order valence-corrected chi connectivity index (χ3v) is 4.39. The Bertz CT molecular complexity index is 910. The number of hydrogen-bond acceptors (Lipinski definition) is 5. The molecule has 0 atom stereocenters. The van der Waals surface area contributed by atoms with Crippen LogP contribution < -0.4 is 4.18 Å². The summed E-state index contributed by atoms with van der Waals surface area (Å²) in [4.78, 5) is 0.0244. The molecule has 0 aliphatic carbocycles. The first kappa shape index (κ1) is 14.1. The molecular weight excluding hydrogens is 337 g/mol. The van der Waals surface area contributed by atoms with Gasteiger partial charge >= 0.3 is 10.1 Å². The minimum Gasteiger partial charge on any atom is -0.376 e. The van der Waals surface area contributed by atoms with E-state index in [9.17, 15) is 8.42 Å². The monoisotopic (exact) mass is 343 g/mol. The van der Waals surface area contributed by atoms with Crippen LogP contribution in [-0.2, 0) is 10.1 Å². The van der Waals surface area contributed by atoms with Gasteiger partial charge in [-0.05, 0) is 23.4 Å². The standard InChI is InChI=1S/C12H7Cl2N3O3S/c13-8-6-10-12(15-16-17(10)14)11(7-8)20-21(18,19)9-4-2-1-3-5-9/h1-7H. The van der Waals surface area contributed by atoms with Crippen molar-refractivity contribution in [1.29, 1.82) is 0 Å². The Kier molecular flexibility index (Phi) is 3.48. The Balaban J connectivity index is 2.10. The highest BCUT2D eigenvalue weighted by molar-refractivity contribution is 7.87. The maximum Gasteiger partial charge on any atom is 0.339 e.